The van der Waals surface area contributed by atoms with E-state index < -0.39 is 0 Å². The van der Waals surface area contributed by atoms with Crippen molar-refractivity contribution in [2.45, 2.75) is 38.2 Å². The molecule has 1 saturated carbocycles. The van der Waals surface area contributed by atoms with Gasteiger partial charge in [-0.05, 0) is 40.4 Å². The van der Waals surface area contributed by atoms with Crippen molar-refractivity contribution in [3.63, 3.8) is 0 Å². The van der Waals surface area contributed by atoms with Crippen LogP contribution in [0.15, 0.2) is 28.7 Å². The van der Waals surface area contributed by atoms with Crippen LogP contribution in [0.1, 0.15) is 32.1 Å². The number of aliphatic hydroxyl groups is 1. The highest BCUT2D eigenvalue weighted by molar-refractivity contribution is 9.10. The van der Waals surface area contributed by atoms with Crippen LogP contribution in [0.4, 0.5) is 0 Å². The molecule has 1 unspecified atom stereocenters. The molecule has 1 aromatic rings. The normalized spacial score (nSPS) is 18.2. The average Bonchev–Trinajstić information content (AvgIpc) is 2.81. The van der Waals surface area contributed by atoms with Crippen molar-refractivity contribution in [3.8, 4) is 5.75 Å². The van der Waals surface area contributed by atoms with Crippen molar-refractivity contribution in [3.05, 3.63) is 28.7 Å². The summed E-state index contributed by atoms with van der Waals surface area (Å²) < 4.78 is 6.55. The van der Waals surface area contributed by atoms with E-state index in [-0.39, 0.29) is 6.10 Å². The van der Waals surface area contributed by atoms with Gasteiger partial charge in [-0.25, -0.2) is 0 Å². The zero-order valence-corrected chi connectivity index (χ0v) is 11.5. The molecule has 1 aromatic carbocycles. The summed E-state index contributed by atoms with van der Waals surface area (Å²) in [5, 5.41) is 9.92. The maximum atomic E-state index is 9.92. The summed E-state index contributed by atoms with van der Waals surface area (Å²) in [6.07, 6.45) is 5.72. The third kappa shape index (κ3) is 4.00. The highest BCUT2D eigenvalue weighted by Crippen LogP contribution is 2.29. The Morgan fingerprint density at radius 3 is 2.71 bits per heavy atom. The lowest BCUT2D eigenvalue weighted by Crippen LogP contribution is -2.20. The van der Waals surface area contributed by atoms with Gasteiger partial charge in [0.2, 0.25) is 0 Å². The predicted molar refractivity (Wildman–Crippen MR) is 72.2 cm³/mol. The Balaban J connectivity index is 1.75. The largest absolute Gasteiger partial charge is 0.490 e. The first-order valence-electron chi connectivity index (χ1n) is 6.31. The Labute approximate surface area is 111 Å². The molecule has 0 spiro atoms. The topological polar surface area (TPSA) is 29.5 Å². The van der Waals surface area contributed by atoms with Crippen molar-refractivity contribution >= 4 is 15.9 Å². The Kier molecular flexibility index (Phi) is 4.86. The summed E-state index contributed by atoms with van der Waals surface area (Å²) in [6, 6.07) is 7.74. The third-order valence-corrected chi connectivity index (χ3v) is 4.00. The first-order chi connectivity index (χ1) is 8.25. The van der Waals surface area contributed by atoms with Gasteiger partial charge < -0.3 is 9.84 Å². The van der Waals surface area contributed by atoms with Gasteiger partial charge in [-0.1, -0.05) is 37.8 Å². The van der Waals surface area contributed by atoms with E-state index >= 15 is 0 Å². The molecule has 0 radical (unpaired) electrons. The highest BCUT2D eigenvalue weighted by Gasteiger charge is 2.19. The molecule has 0 amide bonds. The van der Waals surface area contributed by atoms with E-state index in [1.165, 1.54) is 25.7 Å². The molecule has 0 aromatic heterocycles. The minimum Gasteiger partial charge on any atom is -0.490 e. The molecule has 2 nitrogen and oxygen atoms in total. The Morgan fingerprint density at radius 2 is 2.00 bits per heavy atom. The molecular formula is C14H19BrO2. The maximum Gasteiger partial charge on any atom is 0.133 e. The van der Waals surface area contributed by atoms with Gasteiger partial charge in [0.15, 0.2) is 0 Å². The minimum absolute atomic E-state index is 0.342. The van der Waals surface area contributed by atoms with Crippen LogP contribution >= 0.6 is 15.9 Å². The smallest absolute Gasteiger partial charge is 0.133 e. The molecule has 0 saturated heterocycles. The second-order valence-electron chi connectivity index (χ2n) is 4.78. The second-order valence-corrected chi connectivity index (χ2v) is 5.64. The Morgan fingerprint density at radius 1 is 1.29 bits per heavy atom. The number of halogens is 1. The van der Waals surface area contributed by atoms with Gasteiger partial charge in [-0.3, -0.25) is 0 Å². The number of rotatable bonds is 5. The molecule has 1 fully saturated rings. The molecule has 1 aliphatic carbocycles. The van der Waals surface area contributed by atoms with Crippen molar-refractivity contribution < 1.29 is 9.84 Å². The maximum absolute atomic E-state index is 9.92. The average molecular weight is 299 g/mol. The van der Waals surface area contributed by atoms with Gasteiger partial charge in [-0.2, -0.15) is 0 Å². The van der Waals surface area contributed by atoms with Crippen LogP contribution in [0.2, 0.25) is 0 Å². The quantitative estimate of drug-likeness (QED) is 0.897. The summed E-state index contributed by atoms with van der Waals surface area (Å²) in [6.45, 7) is 0.388. The second kappa shape index (κ2) is 6.41. The van der Waals surface area contributed by atoms with E-state index in [0.29, 0.717) is 12.5 Å². The predicted octanol–water partition coefficient (Wildman–Crippen LogP) is 3.77. The van der Waals surface area contributed by atoms with Crippen LogP contribution in [-0.4, -0.2) is 17.8 Å². The first kappa shape index (κ1) is 12.9. The number of ether oxygens (including phenoxy) is 1. The molecule has 1 N–H and O–H groups in total. The number of aliphatic hydroxyl groups excluding tert-OH is 1. The zero-order valence-electron chi connectivity index (χ0n) is 9.94. The SMILES string of the molecule is OC(COc1ccccc1Br)CC1CCCC1. The fraction of sp³-hybridized carbons (Fsp3) is 0.571. The molecule has 1 atom stereocenters. The van der Waals surface area contributed by atoms with Gasteiger partial charge in [-0.15, -0.1) is 0 Å². The molecule has 1 aliphatic rings. The molecule has 0 bridgehead atoms. The summed E-state index contributed by atoms with van der Waals surface area (Å²) >= 11 is 3.43. The minimum atomic E-state index is -0.342. The number of benzene rings is 1. The van der Waals surface area contributed by atoms with Gasteiger partial charge in [0.25, 0.3) is 0 Å². The molecular weight excluding hydrogens is 280 g/mol. The van der Waals surface area contributed by atoms with Gasteiger partial charge in [0, 0.05) is 0 Å². The van der Waals surface area contributed by atoms with Crippen LogP contribution in [0.5, 0.6) is 5.75 Å². The number of para-hydroxylation sites is 1. The third-order valence-electron chi connectivity index (χ3n) is 3.35. The molecule has 94 valence electrons. The summed E-state index contributed by atoms with van der Waals surface area (Å²) in [4.78, 5) is 0. The monoisotopic (exact) mass is 298 g/mol. The first-order valence-corrected chi connectivity index (χ1v) is 7.10. The summed E-state index contributed by atoms with van der Waals surface area (Å²) in [5.41, 5.74) is 0. The van der Waals surface area contributed by atoms with Crippen LogP contribution in [0.25, 0.3) is 0 Å². The molecule has 17 heavy (non-hydrogen) atoms. The fourth-order valence-corrected chi connectivity index (χ4v) is 2.85. The standard InChI is InChI=1S/C14H19BrO2/c15-13-7-3-4-8-14(13)17-10-12(16)9-11-5-1-2-6-11/h3-4,7-8,11-12,16H,1-2,5-6,9-10H2. The summed E-state index contributed by atoms with van der Waals surface area (Å²) in [5.74, 6) is 1.51. The number of hydrogen-bond acceptors (Lipinski definition) is 2. The summed E-state index contributed by atoms with van der Waals surface area (Å²) in [7, 11) is 0. The number of hydrogen-bond donors (Lipinski definition) is 1. The Hall–Kier alpha value is -0.540. The molecule has 3 heteroatoms. The van der Waals surface area contributed by atoms with Gasteiger partial charge in [0.05, 0.1) is 10.6 Å². The van der Waals surface area contributed by atoms with Crippen molar-refractivity contribution in [1.82, 2.24) is 0 Å². The fourth-order valence-electron chi connectivity index (χ4n) is 2.45. The molecule has 0 heterocycles. The highest BCUT2D eigenvalue weighted by atomic mass is 79.9. The zero-order chi connectivity index (χ0) is 12.1. The van der Waals surface area contributed by atoms with Gasteiger partial charge >= 0.3 is 0 Å². The van der Waals surface area contributed by atoms with Crippen LogP contribution in [0, 0.1) is 5.92 Å². The Bertz CT molecular complexity index is 348. The van der Waals surface area contributed by atoms with Crippen molar-refractivity contribution in [1.29, 1.82) is 0 Å². The van der Waals surface area contributed by atoms with E-state index in [1.807, 2.05) is 24.3 Å². The van der Waals surface area contributed by atoms with Crippen LogP contribution in [0.3, 0.4) is 0 Å². The van der Waals surface area contributed by atoms with E-state index in [4.69, 9.17) is 4.74 Å². The lowest BCUT2D eigenvalue weighted by atomic mass is 10.0. The molecule has 2 rings (SSSR count). The van der Waals surface area contributed by atoms with Crippen LogP contribution < -0.4 is 4.74 Å². The van der Waals surface area contributed by atoms with Gasteiger partial charge in [0.1, 0.15) is 12.4 Å². The van der Waals surface area contributed by atoms with E-state index in [0.717, 1.165) is 16.6 Å². The lowest BCUT2D eigenvalue weighted by molar-refractivity contribution is 0.0852. The molecule has 0 aliphatic heterocycles. The van der Waals surface area contributed by atoms with Crippen molar-refractivity contribution in [2.75, 3.05) is 6.61 Å². The lowest BCUT2D eigenvalue weighted by Gasteiger charge is -2.16. The van der Waals surface area contributed by atoms with Crippen molar-refractivity contribution in [2.24, 2.45) is 5.92 Å². The van der Waals surface area contributed by atoms with E-state index in [1.54, 1.807) is 0 Å². The van der Waals surface area contributed by atoms with E-state index in [9.17, 15) is 5.11 Å². The van der Waals surface area contributed by atoms with Crippen LogP contribution in [-0.2, 0) is 0 Å². The van der Waals surface area contributed by atoms with E-state index in [2.05, 4.69) is 15.9 Å².